The minimum atomic E-state index is -0.0763. The van der Waals surface area contributed by atoms with Crippen molar-refractivity contribution in [1.29, 1.82) is 0 Å². The third-order valence-electron chi connectivity index (χ3n) is 6.76. The van der Waals surface area contributed by atoms with Gasteiger partial charge in [0.2, 0.25) is 5.95 Å². The molecule has 7 heteroatoms. The Bertz CT molecular complexity index is 1120. The van der Waals surface area contributed by atoms with E-state index >= 15 is 0 Å². The average molecular weight is 417 g/mol. The number of anilines is 1. The number of aromatic amines is 1. The number of nitrogens with zero attached hydrogens (tertiary/aromatic N) is 5. The molecule has 160 valence electrons. The van der Waals surface area contributed by atoms with Crippen molar-refractivity contribution in [2.45, 2.75) is 38.0 Å². The molecule has 7 nitrogen and oxygen atoms in total. The highest BCUT2D eigenvalue weighted by molar-refractivity contribution is 5.95. The number of carbonyl (C=O) groups is 1. The van der Waals surface area contributed by atoms with E-state index in [0.717, 1.165) is 60.7 Å². The highest BCUT2D eigenvalue weighted by Gasteiger charge is 2.45. The van der Waals surface area contributed by atoms with Crippen LogP contribution >= 0.6 is 0 Å². The molecule has 1 amide bonds. The second-order valence-electron chi connectivity index (χ2n) is 8.99. The lowest BCUT2D eigenvalue weighted by molar-refractivity contribution is 0.0627. The highest BCUT2D eigenvalue weighted by Crippen LogP contribution is 2.44. The maximum atomic E-state index is 13.5. The topological polar surface area (TPSA) is 78.0 Å². The third kappa shape index (κ3) is 3.28. The van der Waals surface area contributed by atoms with Crippen LogP contribution in [0.25, 0.3) is 11.3 Å². The monoisotopic (exact) mass is 416 g/mol. The summed E-state index contributed by atoms with van der Waals surface area (Å²) in [5, 5.41) is 7.48. The standard InChI is InChI=1S/C24H28N6O/c1-16-19(17-8-5-4-6-9-17)27-28-20(16)22(31)30-13-7-11-24(15-30)12-10-18-14-25-23(29(2)3)26-21(18)24/h4-6,8-9,14H,7,10-13,15H2,1-3H3,(H,27,28). The van der Waals surface area contributed by atoms with Gasteiger partial charge in [0.1, 0.15) is 5.69 Å². The molecule has 1 spiro atoms. The van der Waals surface area contributed by atoms with Gasteiger partial charge in [-0.2, -0.15) is 5.10 Å². The number of H-pyrrole nitrogens is 1. The molecule has 0 saturated carbocycles. The third-order valence-corrected chi connectivity index (χ3v) is 6.76. The van der Waals surface area contributed by atoms with Crippen molar-refractivity contribution in [2.75, 3.05) is 32.1 Å². The van der Waals surface area contributed by atoms with Crippen LogP contribution in [0.1, 0.15) is 46.6 Å². The lowest BCUT2D eigenvalue weighted by Crippen LogP contribution is -2.48. The summed E-state index contributed by atoms with van der Waals surface area (Å²) in [6.07, 6.45) is 6.01. The van der Waals surface area contributed by atoms with Crippen molar-refractivity contribution in [3.63, 3.8) is 0 Å². The fraction of sp³-hybridized carbons (Fsp3) is 0.417. The Hall–Kier alpha value is -3.22. The summed E-state index contributed by atoms with van der Waals surface area (Å²) in [7, 11) is 3.93. The predicted octanol–water partition coefficient (Wildman–Crippen LogP) is 3.36. The van der Waals surface area contributed by atoms with E-state index in [0.29, 0.717) is 12.2 Å². The molecule has 0 bridgehead atoms. The molecule has 31 heavy (non-hydrogen) atoms. The number of amides is 1. The van der Waals surface area contributed by atoms with Gasteiger partial charge in [0.15, 0.2) is 0 Å². The largest absolute Gasteiger partial charge is 0.347 e. The first-order valence-corrected chi connectivity index (χ1v) is 10.9. The average Bonchev–Trinajstić information content (AvgIpc) is 3.34. The summed E-state index contributed by atoms with van der Waals surface area (Å²) >= 11 is 0. The van der Waals surface area contributed by atoms with Gasteiger partial charge in [0.05, 0.1) is 11.4 Å². The summed E-state index contributed by atoms with van der Waals surface area (Å²) in [6.45, 7) is 3.43. The van der Waals surface area contributed by atoms with Crippen LogP contribution in [0.15, 0.2) is 36.5 Å². The smallest absolute Gasteiger partial charge is 0.272 e. The van der Waals surface area contributed by atoms with Gasteiger partial charge in [-0.25, -0.2) is 9.97 Å². The molecule has 3 heterocycles. The van der Waals surface area contributed by atoms with Crippen LogP contribution in [-0.2, 0) is 11.8 Å². The van der Waals surface area contributed by atoms with Crippen molar-refractivity contribution in [2.24, 2.45) is 0 Å². The second kappa shape index (κ2) is 7.48. The van der Waals surface area contributed by atoms with E-state index in [1.54, 1.807) is 0 Å². The molecule has 1 atom stereocenters. The summed E-state index contributed by atoms with van der Waals surface area (Å²) in [5.74, 6) is 0.766. The van der Waals surface area contributed by atoms with Crippen LogP contribution in [0.2, 0.25) is 0 Å². The van der Waals surface area contributed by atoms with Crippen molar-refractivity contribution in [1.82, 2.24) is 25.1 Å². The van der Waals surface area contributed by atoms with E-state index in [9.17, 15) is 4.79 Å². The molecule has 1 saturated heterocycles. The number of nitrogens with one attached hydrogen (secondary N) is 1. The number of aromatic nitrogens is 4. The van der Waals surface area contributed by atoms with Crippen molar-refractivity contribution < 1.29 is 4.79 Å². The van der Waals surface area contributed by atoms with Gasteiger partial charge in [-0.15, -0.1) is 0 Å². The maximum Gasteiger partial charge on any atom is 0.272 e. The van der Waals surface area contributed by atoms with Crippen molar-refractivity contribution in [3.05, 3.63) is 59.0 Å². The maximum absolute atomic E-state index is 13.5. The molecule has 1 N–H and O–H groups in total. The van der Waals surface area contributed by atoms with Gasteiger partial charge in [-0.3, -0.25) is 9.89 Å². The van der Waals surface area contributed by atoms with Gasteiger partial charge in [-0.1, -0.05) is 30.3 Å². The fourth-order valence-corrected chi connectivity index (χ4v) is 5.09. The Morgan fingerprint density at radius 3 is 2.77 bits per heavy atom. The molecule has 1 unspecified atom stereocenters. The molecule has 1 aliphatic carbocycles. The van der Waals surface area contributed by atoms with Crippen molar-refractivity contribution in [3.8, 4) is 11.3 Å². The van der Waals surface area contributed by atoms with Crippen LogP contribution in [0.5, 0.6) is 0 Å². The Balaban J connectivity index is 1.43. The SMILES string of the molecule is Cc1c(-c2ccccc2)n[nH]c1C(=O)N1CCCC2(CCc3cnc(N(C)C)nc32)C1. The van der Waals surface area contributed by atoms with E-state index in [4.69, 9.17) is 4.98 Å². The van der Waals surface area contributed by atoms with Gasteiger partial charge in [0, 0.05) is 49.9 Å². The Labute approximate surface area is 182 Å². The lowest BCUT2D eigenvalue weighted by atomic mass is 9.77. The lowest BCUT2D eigenvalue weighted by Gasteiger charge is -2.40. The normalized spacial score (nSPS) is 20.2. The zero-order chi connectivity index (χ0) is 21.6. The molecule has 0 radical (unpaired) electrons. The Morgan fingerprint density at radius 1 is 1.19 bits per heavy atom. The van der Waals surface area contributed by atoms with Crippen LogP contribution in [0, 0.1) is 6.92 Å². The Kier molecular flexibility index (Phi) is 4.76. The highest BCUT2D eigenvalue weighted by atomic mass is 16.2. The van der Waals surface area contributed by atoms with Gasteiger partial charge in [-0.05, 0) is 38.2 Å². The minimum Gasteiger partial charge on any atom is -0.347 e. The summed E-state index contributed by atoms with van der Waals surface area (Å²) < 4.78 is 0. The number of piperidine rings is 1. The zero-order valence-corrected chi connectivity index (χ0v) is 18.4. The number of carbonyl (C=O) groups excluding carboxylic acids is 1. The summed E-state index contributed by atoms with van der Waals surface area (Å²) in [5.41, 5.74) is 5.63. The quantitative estimate of drug-likeness (QED) is 0.708. The first-order chi connectivity index (χ1) is 15.0. The van der Waals surface area contributed by atoms with Gasteiger partial charge >= 0.3 is 0 Å². The van der Waals surface area contributed by atoms with E-state index in [2.05, 4.69) is 15.2 Å². The van der Waals surface area contributed by atoms with Crippen LogP contribution < -0.4 is 4.90 Å². The summed E-state index contributed by atoms with van der Waals surface area (Å²) in [6, 6.07) is 9.99. The van der Waals surface area contributed by atoms with E-state index in [1.165, 1.54) is 5.56 Å². The molecule has 2 aromatic heterocycles. The van der Waals surface area contributed by atoms with Gasteiger partial charge in [0.25, 0.3) is 5.91 Å². The molecular weight excluding hydrogens is 388 g/mol. The van der Waals surface area contributed by atoms with Gasteiger partial charge < -0.3 is 9.80 Å². The van der Waals surface area contributed by atoms with E-state index in [-0.39, 0.29) is 11.3 Å². The van der Waals surface area contributed by atoms with Crippen LogP contribution in [-0.4, -0.2) is 58.2 Å². The predicted molar refractivity (Wildman–Crippen MR) is 120 cm³/mol. The fourth-order valence-electron chi connectivity index (χ4n) is 5.09. The summed E-state index contributed by atoms with van der Waals surface area (Å²) in [4.78, 5) is 26.8. The first kappa shape index (κ1) is 19.7. The number of benzene rings is 1. The van der Waals surface area contributed by atoms with Crippen molar-refractivity contribution >= 4 is 11.9 Å². The first-order valence-electron chi connectivity index (χ1n) is 10.9. The molecule has 1 fully saturated rings. The number of hydrogen-bond acceptors (Lipinski definition) is 5. The zero-order valence-electron chi connectivity index (χ0n) is 18.4. The number of likely N-dealkylation sites (tertiary alicyclic amines) is 1. The van der Waals surface area contributed by atoms with E-state index in [1.807, 2.05) is 67.3 Å². The number of hydrogen-bond donors (Lipinski definition) is 1. The van der Waals surface area contributed by atoms with E-state index < -0.39 is 0 Å². The molecular formula is C24H28N6O. The number of fused-ring (bicyclic) bond motifs is 2. The second-order valence-corrected chi connectivity index (χ2v) is 8.99. The Morgan fingerprint density at radius 2 is 2.00 bits per heavy atom. The minimum absolute atomic E-state index is 0.0293. The molecule has 1 aromatic carbocycles. The van der Waals surface area contributed by atoms with Crippen LogP contribution in [0.4, 0.5) is 5.95 Å². The molecule has 2 aliphatic rings. The van der Waals surface area contributed by atoms with Crippen LogP contribution in [0.3, 0.4) is 0 Å². The molecule has 3 aromatic rings. The number of rotatable bonds is 3. The number of aryl methyl sites for hydroxylation is 1. The molecule has 5 rings (SSSR count). The molecule has 1 aliphatic heterocycles.